The van der Waals surface area contributed by atoms with Gasteiger partial charge in [-0.25, -0.2) is 4.39 Å². The molecular weight excluding hydrogens is 219 g/mol. The lowest BCUT2D eigenvalue weighted by Crippen LogP contribution is -2.24. The van der Waals surface area contributed by atoms with E-state index in [0.29, 0.717) is 11.1 Å². The second-order valence-corrected chi connectivity index (χ2v) is 4.44. The first kappa shape index (κ1) is 11.8. The second-order valence-electron chi connectivity index (χ2n) is 4.44. The molecule has 0 saturated carbocycles. The number of hydrogen-bond acceptors (Lipinski definition) is 2. The maximum atomic E-state index is 13.5. The van der Waals surface area contributed by atoms with E-state index in [-0.39, 0.29) is 12.2 Å². The van der Waals surface area contributed by atoms with Crippen LogP contribution >= 0.6 is 0 Å². The quantitative estimate of drug-likeness (QED) is 0.882. The first-order valence-corrected chi connectivity index (χ1v) is 5.44. The van der Waals surface area contributed by atoms with E-state index in [0.717, 1.165) is 0 Å². The number of aryl methyl sites for hydroxylation is 1. The van der Waals surface area contributed by atoms with Gasteiger partial charge in [-0.05, 0) is 18.6 Å². The summed E-state index contributed by atoms with van der Waals surface area (Å²) in [6.45, 7) is 1.66. The molecule has 0 fully saturated rings. The molecule has 0 radical (unpaired) electrons. The van der Waals surface area contributed by atoms with Gasteiger partial charge in [0.25, 0.3) is 0 Å². The molecule has 4 heteroatoms. The normalized spacial score (nSPS) is 14.6. The summed E-state index contributed by atoms with van der Waals surface area (Å²) in [5.74, 6) is -0.295. The molecule has 1 aromatic carbocycles. The molecule has 90 valence electrons. The molecule has 3 nitrogen and oxygen atoms in total. The van der Waals surface area contributed by atoms with Crippen molar-refractivity contribution in [3.8, 4) is 0 Å². The summed E-state index contributed by atoms with van der Waals surface area (Å²) in [7, 11) is 1.78. The Hall–Kier alpha value is -1.68. The molecule has 0 saturated heterocycles. The Labute approximate surface area is 99.5 Å². The number of rotatable bonds is 3. The number of nitrogens with zero attached hydrogens (tertiary/aromatic N) is 2. The number of hydrogen-bond donors (Lipinski definition) is 1. The molecule has 2 rings (SSSR count). The van der Waals surface area contributed by atoms with Crippen molar-refractivity contribution >= 4 is 0 Å². The fraction of sp³-hybridized carbons (Fsp3) is 0.308. The Bertz CT molecular complexity index is 520. The summed E-state index contributed by atoms with van der Waals surface area (Å²) >= 11 is 0. The van der Waals surface area contributed by atoms with Crippen molar-refractivity contribution in [2.75, 3.05) is 0 Å². The van der Waals surface area contributed by atoms with Crippen LogP contribution in [-0.2, 0) is 19.1 Å². The Morgan fingerprint density at radius 3 is 2.71 bits per heavy atom. The maximum absolute atomic E-state index is 13.5. The first-order chi connectivity index (χ1) is 7.99. The van der Waals surface area contributed by atoms with Gasteiger partial charge in [0.2, 0.25) is 0 Å². The van der Waals surface area contributed by atoms with Crippen LogP contribution in [-0.4, -0.2) is 14.9 Å². The van der Waals surface area contributed by atoms with E-state index in [1.54, 1.807) is 49.2 Å². The zero-order valence-electron chi connectivity index (χ0n) is 9.89. The molecule has 0 aliphatic carbocycles. The minimum Gasteiger partial charge on any atom is -0.385 e. The van der Waals surface area contributed by atoms with Crippen LogP contribution < -0.4 is 0 Å². The van der Waals surface area contributed by atoms with Crippen LogP contribution in [0.4, 0.5) is 4.39 Å². The van der Waals surface area contributed by atoms with Crippen molar-refractivity contribution < 1.29 is 9.50 Å². The number of aliphatic hydroxyl groups is 1. The molecule has 1 atom stereocenters. The summed E-state index contributed by atoms with van der Waals surface area (Å²) in [5, 5.41) is 14.4. The molecule has 1 unspecified atom stereocenters. The number of halogens is 1. The van der Waals surface area contributed by atoms with Crippen molar-refractivity contribution in [3.63, 3.8) is 0 Å². The average Bonchev–Trinajstić information content (AvgIpc) is 2.69. The Kier molecular flexibility index (Phi) is 2.98. The third-order valence-electron chi connectivity index (χ3n) is 2.82. The van der Waals surface area contributed by atoms with E-state index in [9.17, 15) is 9.50 Å². The van der Waals surface area contributed by atoms with Crippen LogP contribution in [0.2, 0.25) is 0 Å². The lowest BCUT2D eigenvalue weighted by Gasteiger charge is -2.22. The predicted molar refractivity (Wildman–Crippen MR) is 62.9 cm³/mol. The van der Waals surface area contributed by atoms with Crippen molar-refractivity contribution in [2.24, 2.45) is 7.05 Å². The average molecular weight is 234 g/mol. The first-order valence-electron chi connectivity index (χ1n) is 5.44. The largest absolute Gasteiger partial charge is 0.385 e. The van der Waals surface area contributed by atoms with E-state index in [4.69, 9.17) is 0 Å². The van der Waals surface area contributed by atoms with Crippen LogP contribution in [0.15, 0.2) is 36.7 Å². The van der Waals surface area contributed by atoms with Crippen LogP contribution in [0.3, 0.4) is 0 Å². The molecule has 0 bridgehead atoms. The van der Waals surface area contributed by atoms with Crippen LogP contribution in [0.5, 0.6) is 0 Å². The molecule has 17 heavy (non-hydrogen) atoms. The third kappa shape index (κ3) is 2.53. The van der Waals surface area contributed by atoms with Gasteiger partial charge in [-0.2, -0.15) is 5.10 Å². The molecule has 1 heterocycles. The standard InChI is InChI=1S/C13H15FN2O/c1-13(17,11-8-15-16(2)9-11)7-10-5-3-4-6-12(10)14/h3-6,8-9,17H,7H2,1-2H3. The Morgan fingerprint density at radius 2 is 2.12 bits per heavy atom. The van der Waals surface area contributed by atoms with Crippen LogP contribution in [0.25, 0.3) is 0 Å². The highest BCUT2D eigenvalue weighted by atomic mass is 19.1. The topological polar surface area (TPSA) is 38.0 Å². The van der Waals surface area contributed by atoms with Crippen LogP contribution in [0.1, 0.15) is 18.1 Å². The lowest BCUT2D eigenvalue weighted by atomic mass is 9.91. The lowest BCUT2D eigenvalue weighted by molar-refractivity contribution is 0.0566. The van der Waals surface area contributed by atoms with Crippen molar-refractivity contribution in [1.29, 1.82) is 0 Å². The highest BCUT2D eigenvalue weighted by Gasteiger charge is 2.26. The number of aromatic nitrogens is 2. The molecule has 1 aromatic heterocycles. The Morgan fingerprint density at radius 1 is 1.41 bits per heavy atom. The minimum atomic E-state index is -1.11. The smallest absolute Gasteiger partial charge is 0.126 e. The SMILES string of the molecule is Cn1cc(C(C)(O)Cc2ccccc2F)cn1. The zero-order chi connectivity index (χ0) is 12.5. The van der Waals surface area contributed by atoms with E-state index in [1.807, 2.05) is 0 Å². The fourth-order valence-corrected chi connectivity index (χ4v) is 1.81. The van der Waals surface area contributed by atoms with Gasteiger partial charge >= 0.3 is 0 Å². The summed E-state index contributed by atoms with van der Waals surface area (Å²) in [5.41, 5.74) is 0.0702. The highest BCUT2D eigenvalue weighted by molar-refractivity contribution is 5.23. The zero-order valence-corrected chi connectivity index (χ0v) is 9.89. The predicted octanol–water partition coefficient (Wildman–Crippen LogP) is 2.01. The molecule has 0 aliphatic rings. The van der Waals surface area contributed by atoms with Crippen molar-refractivity contribution in [2.45, 2.75) is 18.9 Å². The molecule has 0 amide bonds. The van der Waals surface area contributed by atoms with E-state index in [1.165, 1.54) is 6.07 Å². The van der Waals surface area contributed by atoms with Gasteiger partial charge < -0.3 is 5.11 Å². The van der Waals surface area contributed by atoms with E-state index >= 15 is 0 Å². The van der Waals surface area contributed by atoms with E-state index in [2.05, 4.69) is 5.10 Å². The van der Waals surface area contributed by atoms with Gasteiger partial charge in [0.15, 0.2) is 0 Å². The summed E-state index contributed by atoms with van der Waals surface area (Å²) < 4.78 is 15.1. The van der Waals surface area contributed by atoms with E-state index < -0.39 is 5.60 Å². The van der Waals surface area contributed by atoms with Gasteiger partial charge in [0.1, 0.15) is 5.82 Å². The van der Waals surface area contributed by atoms with Crippen molar-refractivity contribution in [3.05, 3.63) is 53.6 Å². The Balaban J connectivity index is 2.26. The van der Waals surface area contributed by atoms with Gasteiger partial charge in [-0.3, -0.25) is 4.68 Å². The summed E-state index contributed by atoms with van der Waals surface area (Å²) in [6, 6.07) is 6.48. The molecule has 1 N–H and O–H groups in total. The summed E-state index contributed by atoms with van der Waals surface area (Å²) in [6.07, 6.45) is 3.56. The molecule has 2 aromatic rings. The summed E-state index contributed by atoms with van der Waals surface area (Å²) in [4.78, 5) is 0. The highest BCUT2D eigenvalue weighted by Crippen LogP contribution is 2.25. The van der Waals surface area contributed by atoms with Gasteiger partial charge in [-0.15, -0.1) is 0 Å². The van der Waals surface area contributed by atoms with Crippen LogP contribution in [0, 0.1) is 5.82 Å². The second kappa shape index (κ2) is 4.30. The third-order valence-corrected chi connectivity index (χ3v) is 2.82. The molecule has 0 spiro atoms. The van der Waals surface area contributed by atoms with Gasteiger partial charge in [0, 0.05) is 25.2 Å². The molecular formula is C13H15FN2O. The van der Waals surface area contributed by atoms with Crippen molar-refractivity contribution in [1.82, 2.24) is 9.78 Å². The fourth-order valence-electron chi connectivity index (χ4n) is 1.81. The van der Waals surface area contributed by atoms with Gasteiger partial charge in [0.05, 0.1) is 11.8 Å². The monoisotopic (exact) mass is 234 g/mol. The number of benzene rings is 1. The minimum absolute atomic E-state index is 0.228. The maximum Gasteiger partial charge on any atom is 0.126 e. The van der Waals surface area contributed by atoms with Gasteiger partial charge in [-0.1, -0.05) is 18.2 Å². The molecule has 0 aliphatic heterocycles.